The van der Waals surface area contributed by atoms with Crippen molar-refractivity contribution in [3.8, 4) is 0 Å². The van der Waals surface area contributed by atoms with Gasteiger partial charge in [0, 0.05) is 6.08 Å². The van der Waals surface area contributed by atoms with Crippen molar-refractivity contribution in [1.29, 1.82) is 0 Å². The molecule has 0 heterocycles. The van der Waals surface area contributed by atoms with E-state index in [9.17, 15) is 9.18 Å². The van der Waals surface area contributed by atoms with Crippen molar-refractivity contribution in [1.82, 2.24) is 0 Å². The Balaban J connectivity index is 1.92. The van der Waals surface area contributed by atoms with Gasteiger partial charge in [-0.1, -0.05) is 73.7 Å². The van der Waals surface area contributed by atoms with Crippen molar-refractivity contribution in [2.45, 2.75) is 19.8 Å². The van der Waals surface area contributed by atoms with Crippen molar-refractivity contribution >= 4 is 35.0 Å². The molecule has 0 spiro atoms. The zero-order valence-electron chi connectivity index (χ0n) is 18.2. The summed E-state index contributed by atoms with van der Waals surface area (Å²) in [5, 5.41) is 8.89. The summed E-state index contributed by atoms with van der Waals surface area (Å²) >= 11 is 0. The highest BCUT2D eigenvalue weighted by atomic mass is 19.1. The topological polar surface area (TPSA) is 41.7 Å². The molecule has 3 aromatic rings. The molecule has 0 saturated heterocycles. The molecule has 33 heavy (non-hydrogen) atoms. The minimum absolute atomic E-state index is 0.0315. The first-order chi connectivity index (χ1) is 16.0. The van der Waals surface area contributed by atoms with Crippen molar-refractivity contribution in [2.24, 2.45) is 0 Å². The van der Waals surface area contributed by atoms with Gasteiger partial charge >= 0.3 is 5.97 Å². The third kappa shape index (κ3) is 4.53. The quantitative estimate of drug-likeness (QED) is 0.248. The van der Waals surface area contributed by atoms with E-state index in [-0.39, 0.29) is 5.69 Å². The van der Waals surface area contributed by atoms with Gasteiger partial charge in [-0.05, 0) is 69.5 Å². The highest BCUT2D eigenvalue weighted by Crippen LogP contribution is 2.42. The normalized spacial score (nSPS) is 13.3. The van der Waals surface area contributed by atoms with Crippen LogP contribution in [-0.2, 0) is 11.2 Å². The van der Waals surface area contributed by atoms with E-state index >= 15 is 0 Å². The van der Waals surface area contributed by atoms with E-state index in [2.05, 4.69) is 23.1 Å². The molecule has 1 N–H and O–H groups in total. The van der Waals surface area contributed by atoms with E-state index in [1.54, 1.807) is 12.1 Å². The van der Waals surface area contributed by atoms with Crippen LogP contribution in [0.2, 0.25) is 0 Å². The van der Waals surface area contributed by atoms with Crippen LogP contribution >= 0.6 is 0 Å². The summed E-state index contributed by atoms with van der Waals surface area (Å²) in [7, 11) is 0. The van der Waals surface area contributed by atoms with Crippen LogP contribution in [-0.4, -0.2) is 11.1 Å². The fourth-order valence-corrected chi connectivity index (χ4v) is 4.30. The standard InChI is InChI=1S/C29H22FNO2/c1-3-24(25-9-6-10-26(30)29(25)31-2)28(23-17-21-7-4-5-8-22(21)18-23)20-14-11-19(12-15-20)13-16-27(32)33/h4-17H,3,18H2,1H3,(H,32,33)/b16-13+,28-24+. The lowest BCUT2D eigenvalue weighted by molar-refractivity contribution is -0.131. The number of para-hydroxylation sites is 1. The van der Waals surface area contributed by atoms with Crippen LogP contribution in [0.3, 0.4) is 0 Å². The molecule has 0 bridgehead atoms. The molecule has 0 aromatic heterocycles. The van der Waals surface area contributed by atoms with Gasteiger partial charge in [-0.15, -0.1) is 0 Å². The number of benzene rings is 3. The molecular formula is C29H22FNO2. The lowest BCUT2D eigenvalue weighted by Gasteiger charge is -2.18. The van der Waals surface area contributed by atoms with Gasteiger partial charge in [-0.2, -0.15) is 0 Å². The van der Waals surface area contributed by atoms with E-state index in [1.807, 2.05) is 49.4 Å². The first-order valence-electron chi connectivity index (χ1n) is 10.7. The zero-order chi connectivity index (χ0) is 23.4. The summed E-state index contributed by atoms with van der Waals surface area (Å²) in [6.45, 7) is 9.57. The second-order valence-electron chi connectivity index (χ2n) is 7.79. The Morgan fingerprint density at radius 3 is 2.52 bits per heavy atom. The molecule has 1 aliphatic rings. The van der Waals surface area contributed by atoms with Crippen LogP contribution in [0.4, 0.5) is 10.1 Å². The first kappa shape index (κ1) is 22.0. The monoisotopic (exact) mass is 435 g/mol. The first-order valence-corrected chi connectivity index (χ1v) is 10.7. The van der Waals surface area contributed by atoms with Gasteiger partial charge in [0.1, 0.15) is 5.82 Å². The summed E-state index contributed by atoms with van der Waals surface area (Å²) in [5.41, 5.74) is 7.75. The van der Waals surface area contributed by atoms with Crippen molar-refractivity contribution < 1.29 is 14.3 Å². The molecule has 0 atom stereocenters. The number of carboxylic acid groups (broad SMARTS) is 1. The van der Waals surface area contributed by atoms with Gasteiger partial charge in [-0.25, -0.2) is 14.0 Å². The fraction of sp³-hybridized carbons (Fsp3) is 0.103. The minimum Gasteiger partial charge on any atom is -0.478 e. The molecule has 1 aliphatic carbocycles. The summed E-state index contributed by atoms with van der Waals surface area (Å²) in [4.78, 5) is 14.3. The predicted molar refractivity (Wildman–Crippen MR) is 131 cm³/mol. The number of rotatable bonds is 6. The minimum atomic E-state index is -1.00. The van der Waals surface area contributed by atoms with E-state index in [4.69, 9.17) is 11.7 Å². The van der Waals surface area contributed by atoms with Crippen LogP contribution in [0, 0.1) is 12.4 Å². The maximum atomic E-state index is 14.5. The molecule has 0 aliphatic heterocycles. The van der Waals surface area contributed by atoms with Crippen LogP contribution in [0.15, 0.2) is 78.4 Å². The van der Waals surface area contributed by atoms with E-state index in [1.165, 1.54) is 11.6 Å². The molecule has 0 saturated carbocycles. The Morgan fingerprint density at radius 1 is 1.09 bits per heavy atom. The smallest absolute Gasteiger partial charge is 0.328 e. The van der Waals surface area contributed by atoms with Crippen LogP contribution < -0.4 is 0 Å². The third-order valence-electron chi connectivity index (χ3n) is 5.78. The summed E-state index contributed by atoms with van der Waals surface area (Å²) < 4.78 is 14.5. The SMILES string of the molecule is [C-]#[N+]c1c(F)cccc1/C(CC)=C(/C1=Cc2ccccc2C1)c1ccc(/C=C/C(=O)O)cc1. The third-order valence-corrected chi connectivity index (χ3v) is 5.78. The molecular weight excluding hydrogens is 413 g/mol. The number of nitrogens with zero attached hydrogens (tertiary/aromatic N) is 1. The average Bonchev–Trinajstić information content (AvgIpc) is 3.25. The Morgan fingerprint density at radius 2 is 1.85 bits per heavy atom. The lowest BCUT2D eigenvalue weighted by Crippen LogP contribution is -1.98. The van der Waals surface area contributed by atoms with E-state index in [0.29, 0.717) is 12.0 Å². The number of carboxylic acids is 1. The predicted octanol–water partition coefficient (Wildman–Crippen LogP) is 7.43. The summed E-state index contributed by atoms with van der Waals surface area (Å²) in [5.74, 6) is -1.52. The number of hydrogen-bond donors (Lipinski definition) is 1. The second-order valence-corrected chi connectivity index (χ2v) is 7.79. The zero-order valence-corrected chi connectivity index (χ0v) is 18.2. The molecule has 3 aromatic carbocycles. The Labute approximate surface area is 192 Å². The molecule has 0 amide bonds. The molecule has 4 rings (SSSR count). The Kier molecular flexibility index (Phi) is 6.33. The van der Waals surface area contributed by atoms with Gasteiger partial charge in [0.15, 0.2) is 0 Å². The van der Waals surface area contributed by atoms with Gasteiger partial charge < -0.3 is 5.11 Å². The second kappa shape index (κ2) is 9.50. The average molecular weight is 435 g/mol. The van der Waals surface area contributed by atoms with Gasteiger partial charge in [-0.3, -0.25) is 0 Å². The number of fused-ring (bicyclic) bond motifs is 1. The van der Waals surface area contributed by atoms with Crippen molar-refractivity contribution in [3.05, 3.63) is 123 Å². The number of allylic oxidation sites excluding steroid dienone is 3. The number of carbonyl (C=O) groups is 1. The molecule has 162 valence electrons. The highest BCUT2D eigenvalue weighted by molar-refractivity contribution is 6.03. The molecule has 0 fully saturated rings. The highest BCUT2D eigenvalue weighted by Gasteiger charge is 2.22. The van der Waals surface area contributed by atoms with E-state index in [0.717, 1.165) is 45.9 Å². The molecule has 0 radical (unpaired) electrons. The molecule has 4 heteroatoms. The number of aliphatic carboxylic acids is 1. The van der Waals surface area contributed by atoms with Gasteiger partial charge in [0.2, 0.25) is 5.69 Å². The van der Waals surface area contributed by atoms with Gasteiger partial charge in [0.25, 0.3) is 0 Å². The van der Waals surface area contributed by atoms with Crippen LogP contribution in [0.5, 0.6) is 0 Å². The van der Waals surface area contributed by atoms with Crippen molar-refractivity contribution in [3.63, 3.8) is 0 Å². The number of hydrogen-bond acceptors (Lipinski definition) is 1. The summed E-state index contributed by atoms with van der Waals surface area (Å²) in [6, 6.07) is 20.6. The molecule has 0 unspecified atom stereocenters. The fourth-order valence-electron chi connectivity index (χ4n) is 4.30. The van der Waals surface area contributed by atoms with Crippen LogP contribution in [0.1, 0.15) is 41.2 Å². The number of halogens is 1. The van der Waals surface area contributed by atoms with Crippen molar-refractivity contribution in [2.75, 3.05) is 0 Å². The largest absolute Gasteiger partial charge is 0.478 e. The van der Waals surface area contributed by atoms with Crippen LogP contribution in [0.25, 0.3) is 28.1 Å². The maximum Gasteiger partial charge on any atom is 0.328 e. The van der Waals surface area contributed by atoms with E-state index < -0.39 is 11.8 Å². The lowest BCUT2D eigenvalue weighted by atomic mass is 9.86. The molecule has 3 nitrogen and oxygen atoms in total. The van der Waals surface area contributed by atoms with Gasteiger partial charge in [0.05, 0.1) is 6.57 Å². The summed E-state index contributed by atoms with van der Waals surface area (Å²) in [6.07, 6.45) is 6.18. The Bertz CT molecular complexity index is 1360. The Hall–Kier alpha value is -4.23. The maximum absolute atomic E-state index is 14.5.